The normalized spacial score (nSPS) is 41.4. The molecule has 4 aliphatic carbocycles. The maximum atomic E-state index is 11.9. The van der Waals surface area contributed by atoms with E-state index >= 15 is 0 Å². The first-order valence-corrected chi connectivity index (χ1v) is 12.7. The van der Waals surface area contributed by atoms with Gasteiger partial charge in [0.2, 0.25) is 6.61 Å². The van der Waals surface area contributed by atoms with Crippen molar-refractivity contribution >= 4 is 23.5 Å². The SMILES string of the molecule is CC1CCC2C3CCC4=C/C(=N/OCC(=O)ON5C(=O)CCC5=O)CCC4(C)C3CCC12C. The van der Waals surface area contributed by atoms with Gasteiger partial charge in [-0.2, -0.15) is 0 Å². The van der Waals surface area contributed by atoms with Crippen LogP contribution in [0, 0.1) is 34.5 Å². The number of hydrogen-bond acceptors (Lipinski definition) is 6. The standard InChI is InChI=1S/C26H36N2O5/c1-16-4-7-20-19-6-5-17-14-18(10-12-26(17,3)21(19)11-13-25(16,20)2)27-32-15-24(31)33-28-22(29)8-9-23(28)30/h14,16,19-21H,4-13,15H2,1-3H3/b27-18+. The lowest BCUT2D eigenvalue weighted by atomic mass is 9.47. The summed E-state index contributed by atoms with van der Waals surface area (Å²) in [7, 11) is 0. The first-order chi connectivity index (χ1) is 15.7. The van der Waals surface area contributed by atoms with Crippen LogP contribution in [0.25, 0.3) is 0 Å². The van der Waals surface area contributed by atoms with Gasteiger partial charge in [-0.05, 0) is 91.9 Å². The molecule has 33 heavy (non-hydrogen) atoms. The fraction of sp³-hybridized carbons (Fsp3) is 0.769. The first kappa shape index (κ1) is 22.6. The summed E-state index contributed by atoms with van der Waals surface area (Å²) in [5.74, 6) is 1.54. The molecule has 1 aliphatic heterocycles. The van der Waals surface area contributed by atoms with Crippen molar-refractivity contribution in [3.63, 3.8) is 0 Å². The molecule has 5 aliphatic rings. The topological polar surface area (TPSA) is 85.3 Å². The second-order valence-corrected chi connectivity index (χ2v) is 11.4. The molecule has 0 aromatic heterocycles. The average molecular weight is 457 g/mol. The van der Waals surface area contributed by atoms with Gasteiger partial charge in [-0.3, -0.25) is 9.59 Å². The number of rotatable bonds is 4. The van der Waals surface area contributed by atoms with Gasteiger partial charge in [0.25, 0.3) is 11.8 Å². The second-order valence-electron chi connectivity index (χ2n) is 11.4. The van der Waals surface area contributed by atoms with Crippen LogP contribution in [-0.2, 0) is 24.1 Å². The van der Waals surface area contributed by atoms with Crippen molar-refractivity contribution in [1.29, 1.82) is 0 Å². The van der Waals surface area contributed by atoms with Crippen molar-refractivity contribution in [2.75, 3.05) is 6.61 Å². The van der Waals surface area contributed by atoms with Gasteiger partial charge in [0.05, 0.1) is 5.71 Å². The van der Waals surface area contributed by atoms with Crippen molar-refractivity contribution in [3.05, 3.63) is 11.6 Å². The minimum Gasteiger partial charge on any atom is -0.383 e. The monoisotopic (exact) mass is 456 g/mol. The van der Waals surface area contributed by atoms with Crippen molar-refractivity contribution in [2.45, 2.75) is 85.0 Å². The number of fused-ring (bicyclic) bond motifs is 5. The molecule has 1 saturated heterocycles. The Kier molecular flexibility index (Phi) is 5.65. The second kappa shape index (κ2) is 8.24. The van der Waals surface area contributed by atoms with Crippen molar-refractivity contribution < 1.29 is 24.1 Å². The smallest absolute Gasteiger partial charge is 0.373 e. The molecule has 4 fully saturated rings. The summed E-state index contributed by atoms with van der Waals surface area (Å²) in [6.45, 7) is 7.07. The Balaban J connectivity index is 1.22. The molecule has 0 aromatic carbocycles. The minimum absolute atomic E-state index is 0.0719. The summed E-state index contributed by atoms with van der Waals surface area (Å²) < 4.78 is 0. The largest absolute Gasteiger partial charge is 0.383 e. The quantitative estimate of drug-likeness (QED) is 0.457. The Bertz CT molecular complexity index is 910. The van der Waals surface area contributed by atoms with Crippen LogP contribution in [-0.4, -0.2) is 35.2 Å². The van der Waals surface area contributed by atoms with Crippen molar-refractivity contribution in [1.82, 2.24) is 5.06 Å². The molecule has 3 saturated carbocycles. The summed E-state index contributed by atoms with van der Waals surface area (Å²) in [4.78, 5) is 45.1. The Hall–Kier alpha value is -2.18. The van der Waals surface area contributed by atoms with E-state index in [1.165, 1.54) is 37.7 Å². The summed E-state index contributed by atoms with van der Waals surface area (Å²) in [5, 5.41) is 4.72. The van der Waals surface area contributed by atoms with Crippen LogP contribution in [0.15, 0.2) is 16.8 Å². The number of nitrogens with zero attached hydrogens (tertiary/aromatic N) is 2. The molecule has 0 N–H and O–H groups in total. The molecule has 0 aromatic rings. The first-order valence-electron chi connectivity index (χ1n) is 12.7. The average Bonchev–Trinajstić information content (AvgIpc) is 3.26. The van der Waals surface area contributed by atoms with Gasteiger partial charge in [-0.25, -0.2) is 4.79 Å². The maximum absolute atomic E-state index is 11.9. The number of allylic oxidation sites excluding steroid dienone is 2. The lowest BCUT2D eigenvalue weighted by Crippen LogP contribution is -2.50. The van der Waals surface area contributed by atoms with Gasteiger partial charge in [-0.15, -0.1) is 5.06 Å². The number of carbonyl (C=O) groups is 3. The van der Waals surface area contributed by atoms with E-state index in [0.717, 1.165) is 48.6 Å². The number of oxime groups is 1. The van der Waals surface area contributed by atoms with E-state index in [9.17, 15) is 14.4 Å². The van der Waals surface area contributed by atoms with Crippen LogP contribution in [0.5, 0.6) is 0 Å². The van der Waals surface area contributed by atoms with Crippen molar-refractivity contribution in [2.24, 2.45) is 39.7 Å². The number of carbonyl (C=O) groups excluding carboxylic acids is 3. The number of hydroxylamine groups is 2. The van der Waals surface area contributed by atoms with E-state index in [-0.39, 0.29) is 18.3 Å². The van der Waals surface area contributed by atoms with Gasteiger partial charge >= 0.3 is 5.97 Å². The zero-order valence-electron chi connectivity index (χ0n) is 20.1. The Morgan fingerprint density at radius 2 is 1.79 bits per heavy atom. The zero-order valence-corrected chi connectivity index (χ0v) is 20.1. The number of imide groups is 1. The van der Waals surface area contributed by atoms with Crippen LogP contribution < -0.4 is 0 Å². The molecule has 2 amide bonds. The van der Waals surface area contributed by atoms with Gasteiger partial charge in [-0.1, -0.05) is 31.5 Å². The molecule has 0 spiro atoms. The zero-order chi connectivity index (χ0) is 23.4. The van der Waals surface area contributed by atoms with Crippen LogP contribution in [0.2, 0.25) is 0 Å². The summed E-state index contributed by atoms with van der Waals surface area (Å²) in [5.41, 5.74) is 3.12. The third kappa shape index (κ3) is 3.71. The molecule has 1 heterocycles. The third-order valence-electron chi connectivity index (χ3n) is 10.0. The minimum atomic E-state index is -0.798. The van der Waals surface area contributed by atoms with Crippen LogP contribution >= 0.6 is 0 Å². The molecular formula is C26H36N2O5. The molecule has 180 valence electrons. The Morgan fingerprint density at radius 1 is 1.03 bits per heavy atom. The van der Waals surface area contributed by atoms with E-state index in [4.69, 9.17) is 9.68 Å². The number of amides is 2. The molecule has 6 unspecified atom stereocenters. The predicted octanol–water partition coefficient (Wildman–Crippen LogP) is 4.57. The van der Waals surface area contributed by atoms with Crippen LogP contribution in [0.4, 0.5) is 0 Å². The van der Waals surface area contributed by atoms with Gasteiger partial charge < -0.3 is 9.68 Å². The molecule has 0 radical (unpaired) electrons. The summed E-state index contributed by atoms with van der Waals surface area (Å²) >= 11 is 0. The van der Waals surface area contributed by atoms with E-state index in [0.29, 0.717) is 10.5 Å². The highest BCUT2D eigenvalue weighted by Gasteiger charge is 2.57. The van der Waals surface area contributed by atoms with Crippen LogP contribution in [0.3, 0.4) is 0 Å². The van der Waals surface area contributed by atoms with E-state index < -0.39 is 24.4 Å². The van der Waals surface area contributed by atoms with E-state index in [1.807, 2.05) is 0 Å². The number of hydrogen-bond donors (Lipinski definition) is 0. The molecule has 7 heteroatoms. The molecule has 0 bridgehead atoms. The lowest BCUT2D eigenvalue weighted by Gasteiger charge is -2.58. The Morgan fingerprint density at radius 3 is 2.55 bits per heavy atom. The van der Waals surface area contributed by atoms with Crippen molar-refractivity contribution in [3.8, 4) is 0 Å². The lowest BCUT2D eigenvalue weighted by molar-refractivity contribution is -0.200. The summed E-state index contributed by atoms with van der Waals surface area (Å²) in [6.07, 6.45) is 12.1. The molecule has 7 nitrogen and oxygen atoms in total. The highest BCUT2D eigenvalue weighted by Crippen LogP contribution is 2.66. The molecule has 6 atom stereocenters. The Labute approximate surface area is 195 Å². The van der Waals surface area contributed by atoms with Gasteiger partial charge in [0, 0.05) is 12.8 Å². The summed E-state index contributed by atoms with van der Waals surface area (Å²) in [6, 6.07) is 0. The van der Waals surface area contributed by atoms with Gasteiger partial charge in [0.15, 0.2) is 0 Å². The highest BCUT2D eigenvalue weighted by molar-refractivity contribution is 6.01. The predicted molar refractivity (Wildman–Crippen MR) is 121 cm³/mol. The third-order valence-corrected chi connectivity index (χ3v) is 10.0. The molecule has 5 rings (SSSR count). The molecular weight excluding hydrogens is 420 g/mol. The van der Waals surface area contributed by atoms with Gasteiger partial charge in [0.1, 0.15) is 0 Å². The maximum Gasteiger partial charge on any atom is 0.373 e. The van der Waals surface area contributed by atoms with E-state index in [2.05, 4.69) is 32.0 Å². The van der Waals surface area contributed by atoms with E-state index in [1.54, 1.807) is 0 Å². The van der Waals surface area contributed by atoms with Crippen LogP contribution in [0.1, 0.15) is 85.0 Å². The fourth-order valence-electron chi connectivity index (χ4n) is 7.86. The fourth-order valence-corrected chi connectivity index (χ4v) is 7.86. The highest BCUT2D eigenvalue weighted by atomic mass is 16.7.